The Kier molecular flexibility index (Phi) is 6.85. The van der Waals surface area contributed by atoms with Gasteiger partial charge in [0.25, 0.3) is 0 Å². The second-order valence-electron chi connectivity index (χ2n) is 5.21. The molecule has 2 N–H and O–H groups in total. The molecule has 6 nitrogen and oxygen atoms in total. The van der Waals surface area contributed by atoms with E-state index in [4.69, 9.17) is 10.5 Å². The molecule has 0 radical (unpaired) electrons. The summed E-state index contributed by atoms with van der Waals surface area (Å²) in [7, 11) is 0. The van der Waals surface area contributed by atoms with Gasteiger partial charge in [-0.25, -0.2) is 4.68 Å². The summed E-state index contributed by atoms with van der Waals surface area (Å²) in [6.07, 6.45) is 4.59. The summed E-state index contributed by atoms with van der Waals surface area (Å²) in [6.45, 7) is 3.81. The first kappa shape index (κ1) is 17.7. The van der Waals surface area contributed by atoms with E-state index in [-0.39, 0.29) is 24.0 Å². The van der Waals surface area contributed by atoms with E-state index in [0.717, 1.165) is 38.4 Å². The molecular weight excluding hydrogens is 405 g/mol. The molecule has 0 unspecified atom stereocenters. The molecule has 1 saturated heterocycles. The summed E-state index contributed by atoms with van der Waals surface area (Å²) in [5, 5.41) is 4.22. The Bertz CT molecular complexity index is 606. The van der Waals surface area contributed by atoms with Gasteiger partial charge in [0, 0.05) is 32.0 Å². The summed E-state index contributed by atoms with van der Waals surface area (Å²) in [5.74, 6) is 0.622. The van der Waals surface area contributed by atoms with Crippen LogP contribution in [0, 0.1) is 0 Å². The molecule has 1 aliphatic rings. The highest BCUT2D eigenvalue weighted by atomic mass is 127. The second kappa shape index (κ2) is 8.88. The number of rotatable bonds is 4. The first-order chi connectivity index (χ1) is 10.8. The Morgan fingerprint density at radius 1 is 1.22 bits per heavy atom. The summed E-state index contributed by atoms with van der Waals surface area (Å²) < 4.78 is 7.15. The van der Waals surface area contributed by atoms with Gasteiger partial charge in [0.15, 0.2) is 5.96 Å². The predicted octanol–water partition coefficient (Wildman–Crippen LogP) is 1.68. The number of hydrogen-bond acceptors (Lipinski definition) is 3. The van der Waals surface area contributed by atoms with Crippen molar-refractivity contribution < 1.29 is 4.74 Å². The molecule has 1 aromatic heterocycles. The van der Waals surface area contributed by atoms with E-state index in [1.165, 1.54) is 5.56 Å². The fourth-order valence-electron chi connectivity index (χ4n) is 2.43. The van der Waals surface area contributed by atoms with Crippen molar-refractivity contribution in [2.75, 3.05) is 32.8 Å². The lowest BCUT2D eigenvalue weighted by molar-refractivity contribution is 0.0674. The SMILES string of the molecule is I.NC(=NCCc1ccc(-n2cccn2)cc1)N1CCOCC1. The summed E-state index contributed by atoms with van der Waals surface area (Å²) in [5.41, 5.74) is 8.31. The summed E-state index contributed by atoms with van der Waals surface area (Å²) >= 11 is 0. The van der Waals surface area contributed by atoms with Crippen molar-refractivity contribution in [2.45, 2.75) is 6.42 Å². The Morgan fingerprint density at radius 2 is 1.96 bits per heavy atom. The third kappa shape index (κ3) is 4.93. The van der Waals surface area contributed by atoms with Gasteiger partial charge >= 0.3 is 0 Å². The number of morpholine rings is 1. The van der Waals surface area contributed by atoms with Crippen LogP contribution in [-0.2, 0) is 11.2 Å². The lowest BCUT2D eigenvalue weighted by Crippen LogP contribution is -2.44. The topological polar surface area (TPSA) is 68.7 Å². The van der Waals surface area contributed by atoms with Gasteiger partial charge in [-0.15, -0.1) is 24.0 Å². The van der Waals surface area contributed by atoms with Gasteiger partial charge < -0.3 is 15.4 Å². The van der Waals surface area contributed by atoms with E-state index in [2.05, 4.69) is 39.3 Å². The van der Waals surface area contributed by atoms with Crippen molar-refractivity contribution in [2.24, 2.45) is 10.7 Å². The smallest absolute Gasteiger partial charge is 0.191 e. The molecule has 1 aromatic carbocycles. The average Bonchev–Trinajstić information content (AvgIpc) is 3.11. The minimum Gasteiger partial charge on any atom is -0.378 e. The van der Waals surface area contributed by atoms with Gasteiger partial charge in [0.05, 0.1) is 18.9 Å². The third-order valence-electron chi connectivity index (χ3n) is 3.71. The standard InChI is InChI=1S/C16H21N5O.HI/c17-16(20-10-12-22-13-11-20)18-8-6-14-2-4-15(5-3-14)21-9-1-7-19-21;/h1-5,7,9H,6,8,10-13H2,(H2,17,18);1H. The molecule has 0 atom stereocenters. The van der Waals surface area contributed by atoms with Crippen molar-refractivity contribution in [1.29, 1.82) is 0 Å². The number of nitrogens with two attached hydrogens (primary N) is 1. The van der Waals surface area contributed by atoms with Crippen LogP contribution in [0.1, 0.15) is 5.56 Å². The number of benzene rings is 1. The Balaban J connectivity index is 0.00000192. The van der Waals surface area contributed by atoms with Crippen LogP contribution in [-0.4, -0.2) is 53.5 Å². The van der Waals surface area contributed by atoms with Crippen molar-refractivity contribution in [1.82, 2.24) is 14.7 Å². The third-order valence-corrected chi connectivity index (χ3v) is 3.71. The van der Waals surface area contributed by atoms with Crippen LogP contribution < -0.4 is 5.73 Å². The quantitative estimate of drug-likeness (QED) is 0.458. The molecule has 0 bridgehead atoms. The molecule has 7 heteroatoms. The van der Waals surface area contributed by atoms with Gasteiger partial charge in [-0.3, -0.25) is 4.99 Å². The fourth-order valence-corrected chi connectivity index (χ4v) is 2.43. The van der Waals surface area contributed by atoms with Gasteiger partial charge in [-0.1, -0.05) is 12.1 Å². The van der Waals surface area contributed by atoms with Crippen molar-refractivity contribution in [3.63, 3.8) is 0 Å². The Morgan fingerprint density at radius 3 is 2.61 bits per heavy atom. The van der Waals surface area contributed by atoms with Crippen LogP contribution in [0.25, 0.3) is 5.69 Å². The minimum absolute atomic E-state index is 0. The number of ether oxygens (including phenoxy) is 1. The first-order valence-corrected chi connectivity index (χ1v) is 7.54. The van der Waals surface area contributed by atoms with Crippen LogP contribution in [0.4, 0.5) is 0 Å². The number of aromatic nitrogens is 2. The Hall–Kier alpha value is -1.61. The van der Waals surface area contributed by atoms with Gasteiger partial charge in [0.1, 0.15) is 0 Å². The minimum atomic E-state index is 0. The highest BCUT2D eigenvalue weighted by Crippen LogP contribution is 2.09. The molecule has 0 amide bonds. The lowest BCUT2D eigenvalue weighted by atomic mass is 10.1. The van der Waals surface area contributed by atoms with Crippen molar-refractivity contribution in [3.8, 4) is 5.69 Å². The number of halogens is 1. The first-order valence-electron chi connectivity index (χ1n) is 7.54. The normalized spacial score (nSPS) is 15.3. The van der Waals surface area contributed by atoms with E-state index in [1.54, 1.807) is 6.20 Å². The maximum Gasteiger partial charge on any atom is 0.191 e. The van der Waals surface area contributed by atoms with Crippen LogP contribution in [0.2, 0.25) is 0 Å². The molecule has 2 aromatic rings. The average molecular weight is 427 g/mol. The second-order valence-corrected chi connectivity index (χ2v) is 5.21. The number of aliphatic imine (C=N–C) groups is 1. The maximum absolute atomic E-state index is 6.01. The highest BCUT2D eigenvalue weighted by Gasteiger charge is 2.11. The van der Waals surface area contributed by atoms with Crippen molar-refractivity contribution in [3.05, 3.63) is 48.3 Å². The Labute approximate surface area is 153 Å². The lowest BCUT2D eigenvalue weighted by Gasteiger charge is -2.27. The molecule has 0 aliphatic carbocycles. The predicted molar refractivity (Wildman–Crippen MR) is 102 cm³/mol. The van der Waals surface area contributed by atoms with Crippen LogP contribution in [0.15, 0.2) is 47.7 Å². The fraction of sp³-hybridized carbons (Fsp3) is 0.375. The largest absolute Gasteiger partial charge is 0.378 e. The molecule has 23 heavy (non-hydrogen) atoms. The summed E-state index contributed by atoms with van der Waals surface area (Å²) in [6, 6.07) is 10.3. The molecule has 1 fully saturated rings. The highest BCUT2D eigenvalue weighted by molar-refractivity contribution is 14.0. The molecule has 3 rings (SSSR count). The van der Waals surface area contributed by atoms with Crippen molar-refractivity contribution >= 4 is 29.9 Å². The molecule has 2 heterocycles. The molecule has 0 spiro atoms. The zero-order chi connectivity index (χ0) is 15.2. The summed E-state index contributed by atoms with van der Waals surface area (Å²) in [4.78, 5) is 6.54. The molecular formula is C16H22IN5O. The zero-order valence-electron chi connectivity index (χ0n) is 13.0. The number of nitrogens with zero attached hydrogens (tertiary/aromatic N) is 4. The van der Waals surface area contributed by atoms with E-state index in [1.807, 2.05) is 16.9 Å². The molecule has 124 valence electrons. The van der Waals surface area contributed by atoms with E-state index >= 15 is 0 Å². The van der Waals surface area contributed by atoms with Crippen LogP contribution in [0.3, 0.4) is 0 Å². The van der Waals surface area contributed by atoms with Gasteiger partial charge in [0.2, 0.25) is 0 Å². The van der Waals surface area contributed by atoms with Gasteiger partial charge in [-0.05, 0) is 30.2 Å². The number of guanidine groups is 1. The zero-order valence-corrected chi connectivity index (χ0v) is 15.3. The van der Waals surface area contributed by atoms with Gasteiger partial charge in [-0.2, -0.15) is 5.10 Å². The number of hydrogen-bond donors (Lipinski definition) is 1. The molecule has 1 aliphatic heterocycles. The maximum atomic E-state index is 6.01. The van der Waals surface area contributed by atoms with E-state index < -0.39 is 0 Å². The van der Waals surface area contributed by atoms with Crippen LogP contribution in [0.5, 0.6) is 0 Å². The monoisotopic (exact) mass is 427 g/mol. The molecule has 0 saturated carbocycles. The van der Waals surface area contributed by atoms with E-state index in [0.29, 0.717) is 12.5 Å². The van der Waals surface area contributed by atoms with E-state index in [9.17, 15) is 0 Å². The van der Waals surface area contributed by atoms with Crippen LogP contribution >= 0.6 is 24.0 Å².